The quantitative estimate of drug-likeness (QED) is 0.495. The summed E-state index contributed by atoms with van der Waals surface area (Å²) in [4.78, 5) is 16.1. The predicted molar refractivity (Wildman–Crippen MR) is 98.7 cm³/mol. The number of unbranched alkanes of at least 4 members (excludes halogenated alkanes) is 6. The summed E-state index contributed by atoms with van der Waals surface area (Å²) in [5.74, 6) is 8.10. The normalized spacial score (nSPS) is 10.8. The number of imidazole rings is 1. The molecular formula is C19H23N5O. The number of hydrogen-bond acceptors (Lipinski definition) is 5. The fourth-order valence-electron chi connectivity index (χ4n) is 2.64. The summed E-state index contributed by atoms with van der Waals surface area (Å²) in [6.07, 6.45) is 9.98. The molecule has 0 aliphatic carbocycles. The third kappa shape index (κ3) is 4.38. The molecule has 0 unspecified atom stereocenters. The summed E-state index contributed by atoms with van der Waals surface area (Å²) in [7, 11) is 0. The summed E-state index contributed by atoms with van der Waals surface area (Å²) in [5.41, 5.74) is 7.11. The lowest BCUT2D eigenvalue weighted by Crippen LogP contribution is -1.97. The van der Waals surface area contributed by atoms with E-state index in [0.29, 0.717) is 34.4 Å². The Morgan fingerprint density at radius 1 is 1.12 bits per heavy atom. The molecule has 3 rings (SSSR count). The Labute approximate surface area is 147 Å². The molecule has 0 atom stereocenters. The van der Waals surface area contributed by atoms with Crippen LogP contribution >= 0.6 is 0 Å². The van der Waals surface area contributed by atoms with Crippen LogP contribution in [0, 0.1) is 11.8 Å². The van der Waals surface area contributed by atoms with Crippen molar-refractivity contribution in [2.75, 3.05) is 5.73 Å². The van der Waals surface area contributed by atoms with Crippen molar-refractivity contribution in [3.63, 3.8) is 0 Å². The minimum absolute atomic E-state index is 0.346. The highest BCUT2D eigenvalue weighted by Gasteiger charge is 2.12. The first kappa shape index (κ1) is 17.0. The van der Waals surface area contributed by atoms with E-state index in [2.05, 4.69) is 38.7 Å². The fraction of sp³-hybridized carbons (Fsp3) is 0.421. The maximum absolute atomic E-state index is 6.00. The maximum atomic E-state index is 6.00. The lowest BCUT2D eigenvalue weighted by molar-refractivity contribution is 0.578. The van der Waals surface area contributed by atoms with Gasteiger partial charge < -0.3 is 15.1 Å². The van der Waals surface area contributed by atoms with Crippen molar-refractivity contribution in [1.29, 1.82) is 0 Å². The van der Waals surface area contributed by atoms with Crippen molar-refractivity contribution in [2.24, 2.45) is 0 Å². The van der Waals surface area contributed by atoms with Gasteiger partial charge >= 0.3 is 0 Å². The van der Waals surface area contributed by atoms with Gasteiger partial charge in [0.25, 0.3) is 0 Å². The number of nitrogens with one attached hydrogen (secondary N) is 1. The average molecular weight is 337 g/mol. The first-order chi connectivity index (χ1) is 12.3. The van der Waals surface area contributed by atoms with Crippen molar-refractivity contribution < 1.29 is 4.42 Å². The number of anilines is 1. The van der Waals surface area contributed by atoms with Gasteiger partial charge in [-0.3, -0.25) is 0 Å². The molecule has 0 saturated heterocycles. The van der Waals surface area contributed by atoms with E-state index in [9.17, 15) is 0 Å². The number of hydrogen-bond donors (Lipinski definition) is 2. The van der Waals surface area contributed by atoms with Gasteiger partial charge in [0.2, 0.25) is 5.82 Å². The first-order valence-corrected chi connectivity index (χ1v) is 8.84. The van der Waals surface area contributed by atoms with E-state index in [1.165, 1.54) is 32.1 Å². The summed E-state index contributed by atoms with van der Waals surface area (Å²) in [6, 6.07) is 3.62. The SMILES string of the molecule is CCCCCCCCC#Cc1nc(N)c2[nH]c(-c3ccco3)nc2n1. The number of nitrogen functional groups attached to an aromatic ring is 1. The highest BCUT2D eigenvalue weighted by molar-refractivity contribution is 5.84. The lowest BCUT2D eigenvalue weighted by Gasteiger charge is -1.97. The van der Waals surface area contributed by atoms with Gasteiger partial charge in [0, 0.05) is 6.42 Å². The molecule has 3 aromatic heterocycles. The minimum atomic E-state index is 0.346. The van der Waals surface area contributed by atoms with E-state index in [1.54, 1.807) is 12.3 Å². The van der Waals surface area contributed by atoms with Crippen molar-refractivity contribution in [2.45, 2.75) is 51.9 Å². The van der Waals surface area contributed by atoms with E-state index in [0.717, 1.165) is 12.8 Å². The number of nitrogens with two attached hydrogens (primary N) is 1. The van der Waals surface area contributed by atoms with Crippen LogP contribution in [0.25, 0.3) is 22.7 Å². The molecule has 6 nitrogen and oxygen atoms in total. The van der Waals surface area contributed by atoms with Crippen molar-refractivity contribution in [3.05, 3.63) is 24.2 Å². The van der Waals surface area contributed by atoms with E-state index in [4.69, 9.17) is 10.2 Å². The van der Waals surface area contributed by atoms with Crippen LogP contribution in [0.4, 0.5) is 5.82 Å². The molecular weight excluding hydrogens is 314 g/mol. The van der Waals surface area contributed by atoms with Gasteiger partial charge in [-0.2, -0.15) is 4.98 Å². The van der Waals surface area contributed by atoms with Crippen molar-refractivity contribution >= 4 is 17.0 Å². The standard InChI is InChI=1S/C19H23N5O/c1-2-3-4-5-6-7-8-9-12-15-21-17(20)16-19(22-15)24-18(23-16)14-11-10-13-25-14/h10-11,13H,2-8H2,1H3,(H3,20,21,22,23,24). The Morgan fingerprint density at radius 2 is 1.96 bits per heavy atom. The number of aromatic amines is 1. The molecule has 0 aliphatic heterocycles. The molecule has 25 heavy (non-hydrogen) atoms. The molecule has 0 saturated carbocycles. The largest absolute Gasteiger partial charge is 0.461 e. The van der Waals surface area contributed by atoms with Crippen LogP contribution in [0.2, 0.25) is 0 Å². The topological polar surface area (TPSA) is 93.6 Å². The monoisotopic (exact) mass is 337 g/mol. The van der Waals surface area contributed by atoms with Crippen LogP contribution in [0.3, 0.4) is 0 Å². The third-order valence-electron chi connectivity index (χ3n) is 3.99. The number of nitrogens with zero attached hydrogens (tertiary/aromatic N) is 3. The molecule has 0 radical (unpaired) electrons. The molecule has 0 bridgehead atoms. The summed E-state index contributed by atoms with van der Waals surface area (Å²) in [5, 5.41) is 0. The fourth-order valence-corrected chi connectivity index (χ4v) is 2.64. The Hall–Kier alpha value is -2.81. The third-order valence-corrected chi connectivity index (χ3v) is 3.99. The zero-order chi connectivity index (χ0) is 17.5. The zero-order valence-electron chi connectivity index (χ0n) is 14.5. The van der Waals surface area contributed by atoms with E-state index in [1.807, 2.05) is 6.07 Å². The lowest BCUT2D eigenvalue weighted by atomic mass is 10.1. The smallest absolute Gasteiger partial charge is 0.209 e. The molecule has 0 aliphatic rings. The summed E-state index contributed by atoms with van der Waals surface area (Å²) < 4.78 is 5.34. The second-order valence-electron chi connectivity index (χ2n) is 6.01. The molecule has 3 heterocycles. The number of aromatic nitrogens is 4. The zero-order valence-corrected chi connectivity index (χ0v) is 14.5. The summed E-state index contributed by atoms with van der Waals surface area (Å²) >= 11 is 0. The summed E-state index contributed by atoms with van der Waals surface area (Å²) in [6.45, 7) is 2.23. The predicted octanol–water partition coefficient (Wildman–Crippen LogP) is 4.30. The molecule has 0 spiro atoms. The van der Waals surface area contributed by atoms with Crippen molar-refractivity contribution in [3.8, 4) is 23.4 Å². The van der Waals surface area contributed by atoms with Gasteiger partial charge in [-0.15, -0.1) is 0 Å². The highest BCUT2D eigenvalue weighted by atomic mass is 16.3. The van der Waals surface area contributed by atoms with Gasteiger partial charge in [0.05, 0.1) is 6.26 Å². The Bertz CT molecular complexity index is 870. The van der Waals surface area contributed by atoms with Gasteiger partial charge in [-0.25, -0.2) is 9.97 Å². The van der Waals surface area contributed by atoms with Gasteiger partial charge in [0.15, 0.2) is 23.0 Å². The van der Waals surface area contributed by atoms with Crippen LogP contribution in [0.15, 0.2) is 22.8 Å². The van der Waals surface area contributed by atoms with Gasteiger partial charge in [-0.1, -0.05) is 44.9 Å². The highest BCUT2D eigenvalue weighted by Crippen LogP contribution is 2.22. The number of fused-ring (bicyclic) bond motifs is 1. The molecule has 3 N–H and O–H groups in total. The second kappa shape index (κ2) is 8.34. The van der Waals surface area contributed by atoms with E-state index < -0.39 is 0 Å². The Morgan fingerprint density at radius 3 is 2.76 bits per heavy atom. The Balaban J connectivity index is 1.64. The van der Waals surface area contributed by atoms with Crippen LogP contribution in [-0.2, 0) is 0 Å². The maximum Gasteiger partial charge on any atom is 0.209 e. The molecule has 130 valence electrons. The van der Waals surface area contributed by atoms with E-state index >= 15 is 0 Å². The van der Waals surface area contributed by atoms with Crippen LogP contribution < -0.4 is 5.73 Å². The average Bonchev–Trinajstić information content (AvgIpc) is 3.26. The first-order valence-electron chi connectivity index (χ1n) is 8.84. The molecule has 3 aromatic rings. The molecule has 6 heteroatoms. The van der Waals surface area contributed by atoms with Gasteiger partial charge in [-0.05, 0) is 24.5 Å². The van der Waals surface area contributed by atoms with Crippen LogP contribution in [-0.4, -0.2) is 19.9 Å². The van der Waals surface area contributed by atoms with Crippen molar-refractivity contribution in [1.82, 2.24) is 19.9 Å². The molecule has 0 amide bonds. The van der Waals surface area contributed by atoms with Gasteiger partial charge in [0.1, 0.15) is 5.52 Å². The second-order valence-corrected chi connectivity index (χ2v) is 6.01. The number of furan rings is 1. The molecule has 0 aromatic carbocycles. The molecule has 0 fully saturated rings. The Kier molecular flexibility index (Phi) is 5.68. The van der Waals surface area contributed by atoms with Crippen LogP contribution in [0.1, 0.15) is 57.7 Å². The number of rotatable bonds is 7. The van der Waals surface area contributed by atoms with E-state index in [-0.39, 0.29) is 0 Å². The van der Waals surface area contributed by atoms with Crippen LogP contribution in [0.5, 0.6) is 0 Å². The minimum Gasteiger partial charge on any atom is -0.461 e. The number of H-pyrrole nitrogens is 1.